The minimum Gasteiger partial charge on any atom is -0.321 e. The van der Waals surface area contributed by atoms with Crippen molar-refractivity contribution in [1.82, 2.24) is 10.3 Å². The van der Waals surface area contributed by atoms with Gasteiger partial charge in [0.05, 0.1) is 20.8 Å². The van der Waals surface area contributed by atoms with Crippen LogP contribution in [0.3, 0.4) is 0 Å². The Morgan fingerprint density at radius 1 is 0.932 bits per heavy atom. The first kappa shape index (κ1) is 31.1. The third kappa shape index (κ3) is 8.00. The Labute approximate surface area is 270 Å². The van der Waals surface area contributed by atoms with E-state index in [1.807, 2.05) is 22.9 Å². The van der Waals surface area contributed by atoms with Crippen molar-refractivity contribution in [3.8, 4) is 10.6 Å². The molecule has 0 spiro atoms. The lowest BCUT2D eigenvalue weighted by Gasteiger charge is -2.13. The molecule has 0 saturated heterocycles. The highest BCUT2D eigenvalue weighted by atomic mass is 35.5. The zero-order chi connectivity index (χ0) is 31.1. The Kier molecular flexibility index (Phi) is 10.2. The van der Waals surface area contributed by atoms with Crippen LogP contribution in [0.4, 0.5) is 15.2 Å². The summed E-state index contributed by atoms with van der Waals surface area (Å²) in [4.78, 5) is 45.3. The van der Waals surface area contributed by atoms with Gasteiger partial charge in [-0.05, 0) is 73.0 Å². The van der Waals surface area contributed by atoms with Crippen molar-refractivity contribution >= 4 is 80.7 Å². The number of thioether (sulfide) groups is 1. The molecule has 0 bridgehead atoms. The number of halogens is 2. The molecule has 0 radical (unpaired) electrons. The lowest BCUT2D eigenvalue weighted by molar-refractivity contribution is -0.115. The number of amides is 3. The molecule has 1 unspecified atom stereocenters. The molecule has 0 aliphatic rings. The van der Waals surface area contributed by atoms with E-state index in [4.69, 9.17) is 11.6 Å². The fraction of sp³-hybridized carbons (Fsp3) is 0.0625. The Hall–Kier alpha value is -4.29. The average Bonchev–Trinajstić information content (AvgIpc) is 3.72. The molecular formula is C32H24ClFN4O3S3. The summed E-state index contributed by atoms with van der Waals surface area (Å²) in [5.74, 6) is -2.05. The van der Waals surface area contributed by atoms with Gasteiger partial charge in [0, 0.05) is 27.1 Å². The molecule has 0 aliphatic heterocycles. The van der Waals surface area contributed by atoms with Gasteiger partial charge >= 0.3 is 0 Å². The maximum absolute atomic E-state index is 14.5. The largest absolute Gasteiger partial charge is 0.321 e. The number of nitrogens with zero attached hydrogens (tertiary/aromatic N) is 1. The van der Waals surface area contributed by atoms with Crippen molar-refractivity contribution in [2.45, 2.75) is 17.1 Å². The zero-order valence-corrected chi connectivity index (χ0v) is 26.3. The molecule has 3 N–H and O–H groups in total. The van der Waals surface area contributed by atoms with Gasteiger partial charge in [0.15, 0.2) is 5.13 Å². The number of nitrogens with one attached hydrogen (secondary N) is 3. The highest BCUT2D eigenvalue weighted by Gasteiger charge is 2.19. The van der Waals surface area contributed by atoms with Gasteiger partial charge in [-0.2, -0.15) is 0 Å². The first-order valence-electron chi connectivity index (χ1n) is 13.2. The molecule has 0 aliphatic carbocycles. The van der Waals surface area contributed by atoms with E-state index in [2.05, 4.69) is 20.9 Å². The number of aromatic nitrogens is 1. The number of benzene rings is 3. The summed E-state index contributed by atoms with van der Waals surface area (Å²) >= 11 is 10.5. The molecule has 5 rings (SSSR count). The summed E-state index contributed by atoms with van der Waals surface area (Å²) in [5, 5.41) is 12.2. The third-order valence-corrected chi connectivity index (χ3v) is 9.21. The van der Waals surface area contributed by atoms with Crippen molar-refractivity contribution in [1.29, 1.82) is 0 Å². The van der Waals surface area contributed by atoms with Crippen LogP contribution in [0, 0.1) is 5.82 Å². The standard InChI is InChI=1S/C32H24ClFN4O3S3/c1-19(29(39)38-32-37-27(18-43-32)28-11-6-16-42-28)44-22-14-12-21(13-15-22)35-31(41)26(17-23-24(33)9-5-10-25(23)34)36-30(40)20-7-3-2-4-8-20/h2-19H,1H3,(H,35,41)(H,36,40)(H,37,38,39)/b26-17-. The van der Waals surface area contributed by atoms with Crippen LogP contribution in [0.1, 0.15) is 22.8 Å². The Bertz CT molecular complexity index is 1790. The van der Waals surface area contributed by atoms with Gasteiger partial charge in [0.25, 0.3) is 11.8 Å². The van der Waals surface area contributed by atoms with E-state index < -0.39 is 22.9 Å². The fourth-order valence-electron chi connectivity index (χ4n) is 3.88. The molecule has 3 amide bonds. The minimum atomic E-state index is -0.674. The number of hydrogen-bond donors (Lipinski definition) is 3. The molecule has 12 heteroatoms. The SMILES string of the molecule is CC(Sc1ccc(NC(=O)/C(=C/c2c(F)cccc2Cl)NC(=O)c2ccccc2)cc1)C(=O)Nc1nc(-c2cccs2)cs1. The number of rotatable bonds is 10. The van der Waals surface area contributed by atoms with Crippen molar-refractivity contribution < 1.29 is 18.8 Å². The average molecular weight is 663 g/mol. The quantitative estimate of drug-likeness (QED) is 0.103. The van der Waals surface area contributed by atoms with E-state index in [1.165, 1.54) is 47.4 Å². The van der Waals surface area contributed by atoms with Gasteiger partial charge in [-0.3, -0.25) is 14.4 Å². The molecular weight excluding hydrogens is 639 g/mol. The normalized spacial score (nSPS) is 11.9. The van der Waals surface area contributed by atoms with Crippen molar-refractivity contribution in [2.75, 3.05) is 10.6 Å². The van der Waals surface area contributed by atoms with Crippen molar-refractivity contribution in [2.24, 2.45) is 0 Å². The monoisotopic (exact) mass is 662 g/mol. The second-order valence-electron chi connectivity index (χ2n) is 9.26. The maximum Gasteiger partial charge on any atom is 0.272 e. The Balaban J connectivity index is 1.24. The van der Waals surface area contributed by atoms with Gasteiger partial charge in [-0.15, -0.1) is 34.4 Å². The van der Waals surface area contributed by atoms with Crippen molar-refractivity contribution in [3.63, 3.8) is 0 Å². The van der Waals surface area contributed by atoms with Crippen LogP contribution in [0.15, 0.2) is 106 Å². The van der Waals surface area contributed by atoms with E-state index in [0.717, 1.165) is 15.5 Å². The molecule has 2 heterocycles. The molecule has 1 atom stereocenters. The van der Waals surface area contributed by atoms with Crippen LogP contribution in [-0.4, -0.2) is 28.0 Å². The molecule has 2 aromatic heterocycles. The molecule has 0 saturated carbocycles. The number of thiazole rings is 1. The number of carbonyl (C=O) groups is 3. The zero-order valence-electron chi connectivity index (χ0n) is 23.0. The first-order chi connectivity index (χ1) is 21.3. The lowest BCUT2D eigenvalue weighted by Crippen LogP contribution is -2.30. The predicted molar refractivity (Wildman–Crippen MR) is 178 cm³/mol. The smallest absolute Gasteiger partial charge is 0.272 e. The highest BCUT2D eigenvalue weighted by Crippen LogP contribution is 2.30. The maximum atomic E-state index is 14.5. The fourth-order valence-corrected chi connectivity index (χ4v) is 6.44. The number of anilines is 2. The van der Waals surface area contributed by atoms with Gasteiger partial charge in [0.2, 0.25) is 5.91 Å². The summed E-state index contributed by atoms with van der Waals surface area (Å²) in [6.45, 7) is 1.80. The molecule has 5 aromatic rings. The van der Waals surface area contributed by atoms with Gasteiger partial charge in [-0.1, -0.05) is 41.9 Å². The molecule has 0 fully saturated rings. The Morgan fingerprint density at radius 3 is 2.41 bits per heavy atom. The van der Waals surface area contributed by atoms with Crippen LogP contribution in [0.25, 0.3) is 16.6 Å². The first-order valence-corrected chi connectivity index (χ1v) is 16.2. The second kappa shape index (κ2) is 14.5. The van der Waals surface area contributed by atoms with Crippen LogP contribution in [0.2, 0.25) is 5.02 Å². The molecule has 7 nitrogen and oxygen atoms in total. The van der Waals surface area contributed by atoms with E-state index in [-0.39, 0.29) is 22.2 Å². The summed E-state index contributed by atoms with van der Waals surface area (Å²) in [7, 11) is 0. The topological polar surface area (TPSA) is 100 Å². The van der Waals surface area contributed by atoms with Crippen LogP contribution in [-0.2, 0) is 9.59 Å². The molecule has 3 aromatic carbocycles. The van der Waals surface area contributed by atoms with E-state index >= 15 is 0 Å². The molecule has 222 valence electrons. The number of thiophene rings is 1. The number of hydrogen-bond acceptors (Lipinski definition) is 7. The van der Waals surface area contributed by atoms with Crippen molar-refractivity contribution in [3.05, 3.63) is 123 Å². The van der Waals surface area contributed by atoms with Crippen LogP contribution in [0.5, 0.6) is 0 Å². The summed E-state index contributed by atoms with van der Waals surface area (Å²) in [6.07, 6.45) is 1.20. The van der Waals surface area contributed by atoms with E-state index in [0.29, 0.717) is 16.4 Å². The van der Waals surface area contributed by atoms with Crippen LogP contribution < -0.4 is 16.0 Å². The minimum absolute atomic E-state index is 0.0350. The van der Waals surface area contributed by atoms with E-state index in [1.54, 1.807) is 72.9 Å². The third-order valence-electron chi connectivity index (χ3n) is 6.12. The van der Waals surface area contributed by atoms with Gasteiger partial charge < -0.3 is 16.0 Å². The highest BCUT2D eigenvalue weighted by molar-refractivity contribution is 8.00. The molecule has 44 heavy (non-hydrogen) atoms. The summed E-state index contributed by atoms with van der Waals surface area (Å²) < 4.78 is 14.5. The number of carbonyl (C=O) groups excluding carboxylic acids is 3. The van der Waals surface area contributed by atoms with Gasteiger partial charge in [0.1, 0.15) is 11.5 Å². The van der Waals surface area contributed by atoms with Crippen LogP contribution >= 0.6 is 46.0 Å². The Morgan fingerprint density at radius 2 is 1.70 bits per heavy atom. The van der Waals surface area contributed by atoms with E-state index in [9.17, 15) is 18.8 Å². The predicted octanol–water partition coefficient (Wildman–Crippen LogP) is 8.19. The lowest BCUT2D eigenvalue weighted by atomic mass is 10.1. The summed E-state index contributed by atoms with van der Waals surface area (Å²) in [6, 6.07) is 23.3. The second-order valence-corrected chi connectivity index (χ2v) is 12.9. The summed E-state index contributed by atoms with van der Waals surface area (Å²) in [5.41, 5.74) is 1.35. The van der Waals surface area contributed by atoms with Gasteiger partial charge in [-0.25, -0.2) is 9.37 Å².